The maximum absolute atomic E-state index is 12.6. The van der Waals surface area contributed by atoms with Crippen molar-refractivity contribution < 1.29 is 13.9 Å². The summed E-state index contributed by atoms with van der Waals surface area (Å²) in [6, 6.07) is 13.1. The minimum atomic E-state index is -0.850. The number of benzene rings is 2. The molecule has 0 unspecified atom stereocenters. The van der Waals surface area contributed by atoms with Gasteiger partial charge in [0, 0.05) is 16.1 Å². The van der Waals surface area contributed by atoms with Crippen molar-refractivity contribution in [3.05, 3.63) is 64.1 Å². The maximum Gasteiger partial charge on any atom is 0.317 e. The fraction of sp³-hybridized carbons (Fsp3) is 0.308. The maximum atomic E-state index is 12.6. The third-order valence-corrected chi connectivity index (χ3v) is 6.37. The number of nitroso groups, excluding NO2 is 1. The Hall–Kier alpha value is -3.54. The van der Waals surface area contributed by atoms with E-state index in [1.807, 2.05) is 50.2 Å². The number of furan rings is 1. The van der Waals surface area contributed by atoms with E-state index in [1.165, 1.54) is 0 Å². The highest BCUT2D eigenvalue weighted by atomic mass is 16.5. The van der Waals surface area contributed by atoms with E-state index >= 15 is 0 Å². The first-order chi connectivity index (χ1) is 15.3. The van der Waals surface area contributed by atoms with Crippen molar-refractivity contribution in [1.82, 2.24) is 4.98 Å². The lowest BCUT2D eigenvalue weighted by Gasteiger charge is -2.42. The minimum Gasteiger partial charge on any atom is -0.490 e. The van der Waals surface area contributed by atoms with Gasteiger partial charge in [0.25, 0.3) is 0 Å². The van der Waals surface area contributed by atoms with Gasteiger partial charge in [0.2, 0.25) is 0 Å². The molecule has 0 aliphatic heterocycles. The third kappa shape index (κ3) is 3.27. The van der Waals surface area contributed by atoms with Crippen LogP contribution < -0.4 is 4.74 Å². The molecule has 4 aromatic rings. The van der Waals surface area contributed by atoms with Crippen LogP contribution in [0.3, 0.4) is 0 Å². The molecule has 162 valence electrons. The molecule has 0 atom stereocenters. The highest BCUT2D eigenvalue weighted by molar-refractivity contribution is 6.10. The van der Waals surface area contributed by atoms with Gasteiger partial charge in [0.05, 0.1) is 22.6 Å². The van der Waals surface area contributed by atoms with Gasteiger partial charge in [-0.2, -0.15) is 0 Å². The molecule has 6 heteroatoms. The fourth-order valence-electron chi connectivity index (χ4n) is 4.73. The van der Waals surface area contributed by atoms with Crippen molar-refractivity contribution in [3.8, 4) is 17.2 Å². The number of ether oxygens (including phenoxy) is 1. The molecule has 2 heterocycles. The van der Waals surface area contributed by atoms with Crippen LogP contribution in [0.4, 0.5) is 0 Å². The second-order valence-corrected chi connectivity index (χ2v) is 9.42. The minimum absolute atomic E-state index is 0.0698. The molecule has 6 nitrogen and oxygen atoms in total. The van der Waals surface area contributed by atoms with Gasteiger partial charge in [0.1, 0.15) is 17.0 Å². The molecule has 1 aliphatic rings. The van der Waals surface area contributed by atoms with Crippen LogP contribution in [0.25, 0.3) is 33.3 Å². The van der Waals surface area contributed by atoms with E-state index in [4.69, 9.17) is 14.1 Å². The number of para-hydroxylation sites is 1. The molecule has 5 rings (SSSR count). The number of carbonyl (C=O) groups excluding carboxylic acids is 1. The van der Waals surface area contributed by atoms with Crippen LogP contribution >= 0.6 is 0 Å². The third-order valence-electron chi connectivity index (χ3n) is 6.37. The normalized spacial score (nSPS) is 15.6. The molecule has 1 amide bonds. The molecular weight excluding hydrogens is 404 g/mol. The van der Waals surface area contributed by atoms with Crippen LogP contribution in [0.2, 0.25) is 0 Å². The van der Waals surface area contributed by atoms with Gasteiger partial charge < -0.3 is 9.15 Å². The van der Waals surface area contributed by atoms with E-state index in [0.717, 1.165) is 34.9 Å². The van der Waals surface area contributed by atoms with Crippen LogP contribution in [0.1, 0.15) is 48.2 Å². The Kier molecular flexibility index (Phi) is 4.62. The van der Waals surface area contributed by atoms with Crippen LogP contribution in [0.5, 0.6) is 5.75 Å². The van der Waals surface area contributed by atoms with Gasteiger partial charge >= 0.3 is 5.91 Å². The Balaban J connectivity index is 1.71. The Morgan fingerprint density at radius 1 is 1.16 bits per heavy atom. The van der Waals surface area contributed by atoms with Crippen molar-refractivity contribution in [2.75, 3.05) is 0 Å². The first-order valence-corrected chi connectivity index (χ1v) is 10.7. The predicted octanol–water partition coefficient (Wildman–Crippen LogP) is 6.74. The van der Waals surface area contributed by atoms with Crippen LogP contribution in [0, 0.1) is 24.2 Å². The van der Waals surface area contributed by atoms with Crippen LogP contribution in [-0.2, 0) is 0 Å². The van der Waals surface area contributed by atoms with E-state index in [2.05, 4.69) is 19.0 Å². The van der Waals surface area contributed by atoms with Crippen molar-refractivity contribution in [1.29, 1.82) is 0 Å². The number of hydrogen-bond donors (Lipinski definition) is 0. The molecule has 0 N–H and O–H groups in total. The summed E-state index contributed by atoms with van der Waals surface area (Å²) in [6.45, 7) is 8.28. The van der Waals surface area contributed by atoms with Crippen LogP contribution in [0.15, 0.2) is 52.1 Å². The van der Waals surface area contributed by atoms with Crippen molar-refractivity contribution in [3.63, 3.8) is 0 Å². The van der Waals surface area contributed by atoms with Gasteiger partial charge in [-0.15, -0.1) is 4.91 Å². The lowest BCUT2D eigenvalue weighted by Crippen LogP contribution is -2.39. The zero-order valence-corrected chi connectivity index (χ0v) is 18.6. The molecule has 2 aromatic carbocycles. The number of pyridine rings is 1. The number of nitrogens with zero attached hydrogens (tertiary/aromatic N) is 2. The summed E-state index contributed by atoms with van der Waals surface area (Å²) in [5.41, 5.74) is 4.05. The first-order valence-electron chi connectivity index (χ1n) is 10.7. The van der Waals surface area contributed by atoms with Crippen molar-refractivity contribution >= 4 is 27.8 Å². The number of carbonyl (C=O) groups is 1. The zero-order valence-electron chi connectivity index (χ0n) is 18.6. The van der Waals surface area contributed by atoms with E-state index in [9.17, 15) is 9.70 Å². The zero-order chi connectivity index (χ0) is 22.6. The number of amides is 1. The van der Waals surface area contributed by atoms with Gasteiger partial charge in [-0.1, -0.05) is 38.1 Å². The predicted molar refractivity (Wildman–Crippen MR) is 124 cm³/mol. The summed E-state index contributed by atoms with van der Waals surface area (Å²) >= 11 is 0. The van der Waals surface area contributed by atoms with Gasteiger partial charge in [-0.3, -0.25) is 4.79 Å². The summed E-state index contributed by atoms with van der Waals surface area (Å²) in [6.07, 6.45) is 1.93. The SMILES string of the molecule is Cc1c(-c2cc(C(=O)N=O)c3c(OC4CC(C)(C)C4)ccc(C)c3n2)oc2ccccc12. The highest BCUT2D eigenvalue weighted by Crippen LogP contribution is 2.44. The van der Waals surface area contributed by atoms with E-state index in [-0.39, 0.29) is 17.1 Å². The Morgan fingerprint density at radius 3 is 2.59 bits per heavy atom. The monoisotopic (exact) mass is 428 g/mol. The summed E-state index contributed by atoms with van der Waals surface area (Å²) in [5, 5.41) is 4.22. The fourth-order valence-corrected chi connectivity index (χ4v) is 4.73. The molecule has 1 saturated carbocycles. The Morgan fingerprint density at radius 2 is 1.91 bits per heavy atom. The second-order valence-electron chi connectivity index (χ2n) is 9.42. The molecule has 0 saturated heterocycles. The molecule has 32 heavy (non-hydrogen) atoms. The molecule has 2 aromatic heterocycles. The largest absolute Gasteiger partial charge is 0.490 e. The van der Waals surface area contributed by atoms with E-state index in [0.29, 0.717) is 28.1 Å². The molecule has 0 bridgehead atoms. The number of aromatic nitrogens is 1. The number of aryl methyl sites for hydroxylation is 2. The number of hydrogen-bond acceptors (Lipinski definition) is 5. The lowest BCUT2D eigenvalue weighted by atomic mass is 9.70. The summed E-state index contributed by atoms with van der Waals surface area (Å²) in [4.78, 5) is 28.8. The van der Waals surface area contributed by atoms with Gasteiger partial charge in [-0.05, 0) is 55.9 Å². The Labute approximate surface area is 185 Å². The summed E-state index contributed by atoms with van der Waals surface area (Å²) in [7, 11) is 0. The Bertz CT molecular complexity index is 1390. The topological polar surface area (TPSA) is 81.8 Å². The van der Waals surface area contributed by atoms with Gasteiger partial charge in [0.15, 0.2) is 5.76 Å². The smallest absolute Gasteiger partial charge is 0.317 e. The van der Waals surface area contributed by atoms with Crippen molar-refractivity contribution in [2.24, 2.45) is 10.6 Å². The molecule has 0 radical (unpaired) electrons. The average Bonchev–Trinajstić information content (AvgIpc) is 3.10. The standard InChI is InChI=1S/C26H24N2O4/c1-14-9-10-21(31-16-12-26(3,4)13-16)22-18(25(29)28-30)11-19(27-23(14)22)24-15(2)17-7-5-6-8-20(17)32-24/h5-11,16H,12-13H2,1-4H3. The number of rotatable bonds is 4. The molecule has 1 aliphatic carbocycles. The molecule has 1 fully saturated rings. The van der Waals surface area contributed by atoms with E-state index < -0.39 is 5.91 Å². The summed E-state index contributed by atoms with van der Waals surface area (Å²) in [5.74, 6) is 0.273. The van der Waals surface area contributed by atoms with Crippen molar-refractivity contribution in [2.45, 2.75) is 46.6 Å². The summed E-state index contributed by atoms with van der Waals surface area (Å²) < 4.78 is 12.3. The first kappa shape index (κ1) is 20.4. The molecular formula is C26H24N2O4. The highest BCUT2D eigenvalue weighted by Gasteiger charge is 2.38. The molecule has 0 spiro atoms. The average molecular weight is 428 g/mol. The van der Waals surface area contributed by atoms with Gasteiger partial charge in [-0.25, -0.2) is 4.98 Å². The number of fused-ring (bicyclic) bond motifs is 2. The quantitative estimate of drug-likeness (QED) is 0.336. The second kappa shape index (κ2) is 7.26. The van der Waals surface area contributed by atoms with Crippen LogP contribution in [-0.4, -0.2) is 17.0 Å². The van der Waals surface area contributed by atoms with E-state index in [1.54, 1.807) is 6.07 Å². The lowest BCUT2D eigenvalue weighted by molar-refractivity contribution is 0.0115.